The number of quaternary nitrogens is 3. The lowest BCUT2D eigenvalue weighted by atomic mass is 9.88. The van der Waals surface area contributed by atoms with E-state index < -0.39 is 25.6 Å². The molecular weight excluding hydrogens is 1000 g/mol. The van der Waals surface area contributed by atoms with Gasteiger partial charge in [0.05, 0.1) is 63.4 Å². The summed E-state index contributed by atoms with van der Waals surface area (Å²) in [6.07, 6.45) is -0.459. The number of nitrogens with zero attached hydrogens (tertiary/aromatic N) is 3. The molecule has 3 atom stereocenters. The Kier molecular flexibility index (Phi) is 19.3. The van der Waals surface area contributed by atoms with E-state index in [1.807, 2.05) is 166 Å². The van der Waals surface area contributed by atoms with Crippen LogP contribution in [0, 0.1) is 0 Å². The fourth-order valence-electron chi connectivity index (χ4n) is 9.72. The van der Waals surface area contributed by atoms with Gasteiger partial charge in [0.15, 0.2) is 0 Å². The Morgan fingerprint density at radius 1 is 0.390 bits per heavy atom. The molecule has 17 heteroatoms. The summed E-state index contributed by atoms with van der Waals surface area (Å²) in [5, 5.41) is 0. The molecule has 16 nitrogen and oxygen atoms in total. The first-order valence-electron chi connectivity index (χ1n) is 25.4. The van der Waals surface area contributed by atoms with Crippen LogP contribution in [0.2, 0.25) is 0 Å². The van der Waals surface area contributed by atoms with Crippen LogP contribution in [-0.2, 0) is 33.2 Å². The van der Waals surface area contributed by atoms with Gasteiger partial charge in [-0.05, 0) is 57.2 Å². The van der Waals surface area contributed by atoms with Gasteiger partial charge in [-0.15, -0.1) is 0 Å². The normalized spacial score (nSPS) is 14.8. The molecule has 0 spiro atoms. The van der Waals surface area contributed by atoms with Gasteiger partial charge in [0.25, 0.3) is 0 Å². The zero-order valence-electron chi connectivity index (χ0n) is 46.0. The average Bonchev–Trinajstić information content (AvgIpc) is 3.32. The maximum Gasteiger partial charge on any atom is 0.318 e. The van der Waals surface area contributed by atoms with E-state index in [2.05, 4.69) is 63.4 Å². The van der Waals surface area contributed by atoms with Crippen molar-refractivity contribution in [3.05, 3.63) is 179 Å². The van der Waals surface area contributed by atoms with Gasteiger partial charge < -0.3 is 61.1 Å². The number of rotatable bonds is 12. The second-order valence-electron chi connectivity index (χ2n) is 22.4. The lowest BCUT2D eigenvalue weighted by Crippen LogP contribution is -2.42. The maximum atomic E-state index is 12.9. The number of esters is 3. The van der Waals surface area contributed by atoms with Crippen LogP contribution >= 0.6 is 7.82 Å². The minimum Gasteiger partial charge on any atom is -0.822 e. The third-order valence-corrected chi connectivity index (χ3v) is 12.1. The molecule has 77 heavy (non-hydrogen) atoms. The summed E-state index contributed by atoms with van der Waals surface area (Å²) >= 11 is 0. The van der Waals surface area contributed by atoms with Crippen LogP contribution < -0.4 is 28.9 Å². The van der Waals surface area contributed by atoms with Gasteiger partial charge in [0, 0.05) is 33.4 Å². The lowest BCUT2D eigenvalue weighted by Gasteiger charge is -2.36. The van der Waals surface area contributed by atoms with Crippen LogP contribution in [-0.4, -0.2) is 133 Å². The molecule has 6 aromatic rings. The summed E-state index contributed by atoms with van der Waals surface area (Å²) in [6, 6.07) is 45.9. The number of hydrogen-bond acceptors (Lipinski definition) is 13. The molecular formula is C60H72N3O13P. The Balaban J connectivity index is 0.000000179. The van der Waals surface area contributed by atoms with Crippen LogP contribution in [0.1, 0.15) is 71.9 Å². The van der Waals surface area contributed by atoms with Gasteiger partial charge in [-0.25, -0.2) is 0 Å². The molecule has 0 saturated carbocycles. The van der Waals surface area contributed by atoms with Gasteiger partial charge in [-0.3, -0.25) is 14.4 Å². The monoisotopic (exact) mass is 1070 g/mol. The molecule has 3 aliphatic heterocycles. The Labute approximate surface area is 452 Å². The number of para-hydroxylation sites is 6. The topological polar surface area (TPSA) is 193 Å². The molecule has 0 amide bonds. The van der Waals surface area contributed by atoms with E-state index in [0.717, 1.165) is 101 Å². The number of phosphoric acid groups is 1. The minimum atomic E-state index is -5.39. The van der Waals surface area contributed by atoms with E-state index in [1.54, 1.807) is 0 Å². The van der Waals surface area contributed by atoms with Crippen molar-refractivity contribution in [1.82, 2.24) is 0 Å². The van der Waals surface area contributed by atoms with E-state index in [-0.39, 0.29) is 36.2 Å². The number of likely N-dealkylation sites (N-methyl/N-ethyl adjacent to an activating group) is 3. The number of benzene rings is 6. The molecule has 3 aliphatic rings. The second-order valence-corrected chi connectivity index (χ2v) is 23.3. The van der Waals surface area contributed by atoms with Gasteiger partial charge in [-0.2, -0.15) is 7.82 Å². The third-order valence-electron chi connectivity index (χ3n) is 12.1. The maximum absolute atomic E-state index is 12.9. The molecule has 0 fully saturated rings. The molecule has 0 aliphatic carbocycles. The van der Waals surface area contributed by atoms with E-state index in [9.17, 15) is 14.4 Å². The Morgan fingerprint density at radius 2 is 0.545 bits per heavy atom. The quantitative estimate of drug-likeness (QED) is 0.0498. The number of carbonyl (C=O) groups excluding carboxylic acids is 3. The van der Waals surface area contributed by atoms with Crippen molar-refractivity contribution in [3.8, 4) is 34.5 Å². The van der Waals surface area contributed by atoms with E-state index >= 15 is 0 Å². The van der Waals surface area contributed by atoms with E-state index in [4.69, 9.17) is 47.7 Å². The van der Waals surface area contributed by atoms with Crippen molar-refractivity contribution in [3.63, 3.8) is 0 Å². The largest absolute Gasteiger partial charge is 0.822 e. The molecule has 0 radical (unpaired) electrons. The summed E-state index contributed by atoms with van der Waals surface area (Å²) in [4.78, 5) is 64.5. The fourth-order valence-corrected chi connectivity index (χ4v) is 9.72. The van der Waals surface area contributed by atoms with Crippen molar-refractivity contribution in [2.24, 2.45) is 0 Å². The summed E-state index contributed by atoms with van der Waals surface area (Å²) < 4.78 is 45.9. The summed E-state index contributed by atoms with van der Waals surface area (Å²) in [5.74, 6) is 2.32. The highest BCUT2D eigenvalue weighted by Crippen LogP contribution is 2.47. The summed E-state index contributed by atoms with van der Waals surface area (Å²) in [7, 11) is 13.4. The summed E-state index contributed by atoms with van der Waals surface area (Å²) in [6.45, 7) is 8.12. The zero-order chi connectivity index (χ0) is 56.5. The molecule has 0 N–H and O–H groups in total. The van der Waals surface area contributed by atoms with Crippen molar-refractivity contribution < 1.29 is 75.5 Å². The van der Waals surface area contributed by atoms with Gasteiger partial charge >= 0.3 is 17.9 Å². The van der Waals surface area contributed by atoms with Gasteiger partial charge in [0.2, 0.25) is 0 Å². The number of carbonyl (C=O) groups is 3. The van der Waals surface area contributed by atoms with E-state index in [1.165, 1.54) is 0 Å². The highest BCUT2D eigenvalue weighted by Gasteiger charge is 2.38. The van der Waals surface area contributed by atoms with Crippen LogP contribution in [0.25, 0.3) is 0 Å². The molecule has 410 valence electrons. The van der Waals surface area contributed by atoms with Crippen LogP contribution in [0.4, 0.5) is 0 Å². The Morgan fingerprint density at radius 3 is 0.701 bits per heavy atom. The molecule has 0 saturated heterocycles. The molecule has 9 rings (SSSR count). The van der Waals surface area contributed by atoms with E-state index in [0.29, 0.717) is 0 Å². The molecule has 6 aromatic carbocycles. The van der Waals surface area contributed by atoms with Crippen molar-refractivity contribution in [2.75, 3.05) is 83.1 Å². The predicted molar refractivity (Wildman–Crippen MR) is 287 cm³/mol. The standard InChI is InChI=1S/3C20H24NO3.H3O4P/c3*1-14(13-21(2,3)4)23-20(22)19-15-9-5-7-11-17(15)24-18-12-8-6-10-16(18)19;1-5(2,3)4/h3*5-12,14,19H,13H2,1-4H3;(H3,1,2,3,4)/q3*+1;/p-3. The molecule has 0 bridgehead atoms. The SMILES string of the molecule is CC(C[N+](C)(C)C)OC(=O)C1c2ccccc2Oc2ccccc21.CC(C[N+](C)(C)C)OC(=O)C1c2ccccc2Oc2ccccc21.CC(C[N+](C)(C)C)OC(=O)C1c2ccccc2Oc2ccccc21.O=P([O-])([O-])[O-]. The zero-order valence-corrected chi connectivity index (χ0v) is 46.9. The summed E-state index contributed by atoms with van der Waals surface area (Å²) in [5.41, 5.74) is 5.16. The fraction of sp³-hybridized carbons (Fsp3) is 0.350. The predicted octanol–water partition coefficient (Wildman–Crippen LogP) is 7.86. The first-order chi connectivity index (χ1) is 36.0. The first-order valence-corrected chi connectivity index (χ1v) is 26.8. The van der Waals surface area contributed by atoms with Gasteiger partial charge in [0.1, 0.15) is 90.2 Å². The lowest BCUT2D eigenvalue weighted by molar-refractivity contribution is -0.873. The molecule has 0 aromatic heterocycles. The van der Waals surface area contributed by atoms with Crippen LogP contribution in [0.5, 0.6) is 34.5 Å². The average molecular weight is 1070 g/mol. The molecule has 3 heterocycles. The third kappa shape index (κ3) is 17.3. The van der Waals surface area contributed by atoms with Crippen molar-refractivity contribution >= 4 is 25.7 Å². The Bertz CT molecular complexity index is 2600. The van der Waals surface area contributed by atoms with Crippen LogP contribution in [0.15, 0.2) is 146 Å². The second kappa shape index (κ2) is 25.1. The number of hydrogen-bond donors (Lipinski definition) is 0. The smallest absolute Gasteiger partial charge is 0.318 e. The van der Waals surface area contributed by atoms with Gasteiger partial charge in [-0.1, -0.05) is 109 Å². The van der Waals surface area contributed by atoms with Crippen molar-refractivity contribution in [1.29, 1.82) is 0 Å². The first kappa shape index (κ1) is 59.4. The van der Waals surface area contributed by atoms with Crippen molar-refractivity contribution in [2.45, 2.75) is 56.8 Å². The number of ether oxygens (including phenoxy) is 6. The highest BCUT2D eigenvalue weighted by molar-refractivity contribution is 7.40. The minimum absolute atomic E-state index is 0.153. The highest BCUT2D eigenvalue weighted by atomic mass is 31.2. The Hall–Kier alpha value is -6.88. The molecule has 3 unspecified atom stereocenters. The number of fused-ring (bicyclic) bond motifs is 6. The van der Waals surface area contributed by atoms with Crippen LogP contribution in [0.3, 0.4) is 0 Å².